The van der Waals surface area contributed by atoms with Crippen molar-refractivity contribution >= 4 is 9.84 Å². The Labute approximate surface area is 77.5 Å². The average molecular weight is 201 g/mol. The van der Waals surface area contributed by atoms with Gasteiger partial charge in [0.25, 0.3) is 0 Å². The number of hydrogen-bond donors (Lipinski definition) is 0. The summed E-state index contributed by atoms with van der Waals surface area (Å²) in [4.78, 5) is 3.97. The van der Waals surface area contributed by atoms with E-state index < -0.39 is 9.84 Å². The van der Waals surface area contributed by atoms with Crippen LogP contribution in [-0.2, 0) is 9.84 Å². The summed E-state index contributed by atoms with van der Waals surface area (Å²) in [7, 11) is -3.22. The molecule has 0 aliphatic heterocycles. The van der Waals surface area contributed by atoms with Crippen molar-refractivity contribution in [3.63, 3.8) is 0 Å². The van der Waals surface area contributed by atoms with Gasteiger partial charge in [0.15, 0.2) is 15.6 Å². The van der Waals surface area contributed by atoms with E-state index in [1.165, 1.54) is 18.5 Å². The lowest BCUT2D eigenvalue weighted by molar-refractivity contribution is 0.329. The van der Waals surface area contributed by atoms with Crippen molar-refractivity contribution in [2.24, 2.45) is 0 Å². The van der Waals surface area contributed by atoms with Crippen molar-refractivity contribution in [1.29, 1.82) is 0 Å². The first-order chi connectivity index (χ1) is 6.05. The molecule has 0 N–H and O–H groups in total. The number of ether oxygens (including phenoxy) is 1. The highest BCUT2D eigenvalue weighted by atomic mass is 32.2. The Hall–Kier alpha value is -1.10. The van der Waals surface area contributed by atoms with Crippen molar-refractivity contribution in [1.82, 2.24) is 4.98 Å². The number of hydrogen-bond acceptors (Lipinski definition) is 4. The quantitative estimate of drug-likeness (QED) is 0.728. The predicted molar refractivity (Wildman–Crippen MR) is 48.5 cm³/mol. The van der Waals surface area contributed by atoms with Crippen LogP contribution in [0.3, 0.4) is 0 Å². The molecule has 0 radical (unpaired) electrons. The van der Waals surface area contributed by atoms with Crippen molar-refractivity contribution in [2.45, 2.75) is 11.8 Å². The fourth-order valence-corrected chi connectivity index (χ4v) is 1.72. The summed E-state index contributed by atoms with van der Waals surface area (Å²) in [5.74, 6) is 0.313. The van der Waals surface area contributed by atoms with E-state index in [-0.39, 0.29) is 4.90 Å². The van der Waals surface area contributed by atoms with Gasteiger partial charge >= 0.3 is 0 Å². The molecule has 4 nitrogen and oxygen atoms in total. The first kappa shape index (κ1) is 9.98. The third-order valence-corrected chi connectivity index (χ3v) is 2.58. The lowest BCUT2D eigenvalue weighted by atomic mass is 10.4. The van der Waals surface area contributed by atoms with E-state index >= 15 is 0 Å². The average Bonchev–Trinajstić information content (AvgIpc) is 2.04. The summed E-state index contributed by atoms with van der Waals surface area (Å²) in [6.45, 7) is 2.22. The third-order valence-electron chi connectivity index (χ3n) is 1.45. The van der Waals surface area contributed by atoms with E-state index in [2.05, 4.69) is 4.98 Å². The highest BCUT2D eigenvalue weighted by molar-refractivity contribution is 7.90. The molecule has 13 heavy (non-hydrogen) atoms. The molecule has 0 atom stereocenters. The van der Waals surface area contributed by atoms with E-state index in [1.807, 2.05) is 0 Å². The van der Waals surface area contributed by atoms with Gasteiger partial charge in [0.1, 0.15) is 4.90 Å². The van der Waals surface area contributed by atoms with Gasteiger partial charge in [-0.2, -0.15) is 0 Å². The minimum absolute atomic E-state index is 0.185. The van der Waals surface area contributed by atoms with Crippen LogP contribution in [0.15, 0.2) is 23.4 Å². The van der Waals surface area contributed by atoms with E-state index in [0.29, 0.717) is 12.4 Å². The molecule has 0 amide bonds. The SMILES string of the molecule is CCOc1cnccc1S(C)(=O)=O. The normalized spacial score (nSPS) is 11.2. The zero-order valence-corrected chi connectivity index (χ0v) is 8.34. The van der Waals surface area contributed by atoms with Crippen molar-refractivity contribution in [2.75, 3.05) is 12.9 Å². The van der Waals surface area contributed by atoms with Gasteiger partial charge in [0, 0.05) is 12.5 Å². The lowest BCUT2D eigenvalue weighted by Gasteiger charge is -2.06. The van der Waals surface area contributed by atoms with E-state index in [0.717, 1.165) is 6.26 Å². The number of nitrogens with zero attached hydrogens (tertiary/aromatic N) is 1. The second-order valence-electron chi connectivity index (χ2n) is 2.53. The maximum Gasteiger partial charge on any atom is 0.179 e. The minimum Gasteiger partial charge on any atom is -0.491 e. The van der Waals surface area contributed by atoms with Gasteiger partial charge < -0.3 is 4.74 Å². The molecule has 0 aliphatic rings. The third kappa shape index (κ3) is 2.42. The van der Waals surface area contributed by atoms with Crippen LogP contribution in [0.5, 0.6) is 5.75 Å². The van der Waals surface area contributed by atoms with Crippen molar-refractivity contribution in [3.05, 3.63) is 18.5 Å². The van der Waals surface area contributed by atoms with Gasteiger partial charge in [-0.3, -0.25) is 4.98 Å². The Morgan fingerprint density at radius 2 is 2.23 bits per heavy atom. The molecule has 0 saturated carbocycles. The van der Waals surface area contributed by atoms with E-state index in [9.17, 15) is 8.42 Å². The van der Waals surface area contributed by atoms with Crippen molar-refractivity contribution < 1.29 is 13.2 Å². The first-order valence-electron chi connectivity index (χ1n) is 3.82. The smallest absolute Gasteiger partial charge is 0.179 e. The van der Waals surface area contributed by atoms with Crippen LogP contribution in [0.25, 0.3) is 0 Å². The van der Waals surface area contributed by atoms with Crippen molar-refractivity contribution in [3.8, 4) is 5.75 Å². The van der Waals surface area contributed by atoms with Crippen LogP contribution < -0.4 is 4.74 Å². The summed E-state index contributed by atoms with van der Waals surface area (Å²) in [5, 5.41) is 0. The summed E-state index contributed by atoms with van der Waals surface area (Å²) in [6.07, 6.45) is 3.98. The molecule has 5 heteroatoms. The fourth-order valence-electron chi connectivity index (χ4n) is 0.937. The summed E-state index contributed by atoms with van der Waals surface area (Å²) >= 11 is 0. The molecule has 0 bridgehead atoms. The lowest BCUT2D eigenvalue weighted by Crippen LogP contribution is -2.02. The number of pyridine rings is 1. The molecular formula is C8H11NO3S. The molecular weight excluding hydrogens is 190 g/mol. The Balaban J connectivity index is 3.20. The number of aromatic nitrogens is 1. The zero-order valence-electron chi connectivity index (χ0n) is 7.52. The molecule has 0 aromatic carbocycles. The summed E-state index contributed by atoms with van der Waals surface area (Å²) in [5.41, 5.74) is 0. The van der Waals surface area contributed by atoms with E-state index in [4.69, 9.17) is 4.74 Å². The second-order valence-corrected chi connectivity index (χ2v) is 4.51. The highest BCUT2D eigenvalue weighted by Gasteiger charge is 2.13. The standard InChI is InChI=1S/C8H11NO3S/c1-3-12-7-6-9-5-4-8(7)13(2,10)11/h4-6H,3H2,1-2H3. The summed E-state index contributed by atoms with van der Waals surface area (Å²) in [6, 6.07) is 1.43. The van der Waals surface area contributed by atoms with Crippen LogP contribution in [0.2, 0.25) is 0 Å². The zero-order chi connectivity index (χ0) is 9.90. The molecule has 1 aromatic heterocycles. The molecule has 0 spiro atoms. The van der Waals surface area contributed by atoms with Gasteiger partial charge in [0.2, 0.25) is 0 Å². The van der Waals surface area contributed by atoms with Gasteiger partial charge in [-0.05, 0) is 13.0 Å². The number of rotatable bonds is 3. The predicted octanol–water partition coefficient (Wildman–Crippen LogP) is 0.884. The highest BCUT2D eigenvalue weighted by Crippen LogP contribution is 2.21. The van der Waals surface area contributed by atoms with Crippen LogP contribution >= 0.6 is 0 Å². The van der Waals surface area contributed by atoms with Gasteiger partial charge in [0.05, 0.1) is 12.8 Å². The first-order valence-corrected chi connectivity index (χ1v) is 5.71. The Morgan fingerprint density at radius 1 is 1.54 bits per heavy atom. The topological polar surface area (TPSA) is 56.3 Å². The van der Waals surface area contributed by atoms with Crippen LogP contribution in [0.4, 0.5) is 0 Å². The second kappa shape index (κ2) is 3.74. The largest absolute Gasteiger partial charge is 0.491 e. The molecule has 0 fully saturated rings. The molecule has 0 unspecified atom stereocenters. The van der Waals surface area contributed by atoms with Gasteiger partial charge in [-0.15, -0.1) is 0 Å². The fraction of sp³-hybridized carbons (Fsp3) is 0.375. The van der Waals surface area contributed by atoms with Gasteiger partial charge in [-0.25, -0.2) is 8.42 Å². The Bertz CT molecular complexity index is 386. The summed E-state index contributed by atoms with van der Waals surface area (Å²) < 4.78 is 27.6. The monoisotopic (exact) mass is 201 g/mol. The maximum atomic E-state index is 11.2. The molecule has 1 rings (SSSR count). The Kier molecular flexibility index (Phi) is 2.87. The molecule has 1 aromatic rings. The van der Waals surface area contributed by atoms with Crippen LogP contribution in [-0.4, -0.2) is 26.3 Å². The van der Waals surface area contributed by atoms with Crippen LogP contribution in [0, 0.1) is 0 Å². The maximum absolute atomic E-state index is 11.2. The van der Waals surface area contributed by atoms with E-state index in [1.54, 1.807) is 6.92 Å². The van der Waals surface area contributed by atoms with Crippen LogP contribution in [0.1, 0.15) is 6.92 Å². The molecule has 1 heterocycles. The van der Waals surface area contributed by atoms with Gasteiger partial charge in [-0.1, -0.05) is 0 Å². The number of sulfone groups is 1. The molecule has 0 saturated heterocycles. The molecule has 0 aliphatic carbocycles. The minimum atomic E-state index is -3.22. The Morgan fingerprint density at radius 3 is 2.77 bits per heavy atom. The molecule has 72 valence electrons.